The molecule has 0 saturated carbocycles. The first-order chi connectivity index (χ1) is 16.8. The molecule has 2 unspecified atom stereocenters. The van der Waals surface area contributed by atoms with Gasteiger partial charge < -0.3 is 28.8 Å². The summed E-state index contributed by atoms with van der Waals surface area (Å²) in [6, 6.07) is 14.5. The second-order valence-corrected chi connectivity index (χ2v) is 8.88. The molecule has 6 nitrogen and oxygen atoms in total. The number of ether oxygens (including phenoxy) is 5. The number of benzene rings is 2. The number of hydrogen-bond acceptors (Lipinski definition) is 6. The third-order valence-electron chi connectivity index (χ3n) is 6.46. The highest BCUT2D eigenvalue weighted by molar-refractivity contribution is 5.46. The third-order valence-corrected chi connectivity index (χ3v) is 6.46. The van der Waals surface area contributed by atoms with Gasteiger partial charge in [0.05, 0.1) is 6.61 Å². The molecule has 6 heteroatoms. The van der Waals surface area contributed by atoms with E-state index in [1.54, 1.807) is 14.2 Å². The molecule has 2 atom stereocenters. The van der Waals surface area contributed by atoms with Gasteiger partial charge in [0.2, 0.25) is 0 Å². The standard InChI is InChI=1S/C28H40O6/c1-30-20-33-23-13-11-22(12-14-23)27-19-32-28-18-24(34-21-31-2)15-16-26(28)25(27)10-8-6-4-3-5-7-9-17-29/h11-16,18,25,27,29H,3-10,17,19-21H2,1-2H3. The average Bonchev–Trinajstić information content (AvgIpc) is 2.88. The zero-order valence-corrected chi connectivity index (χ0v) is 20.7. The maximum Gasteiger partial charge on any atom is 0.188 e. The Bertz CT molecular complexity index is 822. The fourth-order valence-electron chi connectivity index (χ4n) is 4.66. The summed E-state index contributed by atoms with van der Waals surface area (Å²) in [6.45, 7) is 1.42. The second kappa shape index (κ2) is 14.9. The second-order valence-electron chi connectivity index (χ2n) is 8.88. The van der Waals surface area contributed by atoms with E-state index < -0.39 is 0 Å². The lowest BCUT2D eigenvalue weighted by Crippen LogP contribution is -2.24. The molecule has 0 fully saturated rings. The molecule has 0 bridgehead atoms. The number of methoxy groups -OCH3 is 2. The molecule has 188 valence electrons. The van der Waals surface area contributed by atoms with Crippen molar-refractivity contribution in [3.8, 4) is 17.2 Å². The molecule has 0 saturated heterocycles. The summed E-state index contributed by atoms with van der Waals surface area (Å²) in [4.78, 5) is 0. The van der Waals surface area contributed by atoms with Crippen molar-refractivity contribution in [2.75, 3.05) is 41.0 Å². The molecular formula is C28H40O6. The summed E-state index contributed by atoms with van der Waals surface area (Å²) in [5, 5.41) is 8.93. The van der Waals surface area contributed by atoms with Crippen LogP contribution >= 0.6 is 0 Å². The van der Waals surface area contributed by atoms with Gasteiger partial charge in [-0.15, -0.1) is 0 Å². The first-order valence-electron chi connectivity index (χ1n) is 12.5. The highest BCUT2D eigenvalue weighted by Crippen LogP contribution is 2.46. The molecule has 1 heterocycles. The first kappa shape index (κ1) is 26.3. The minimum Gasteiger partial charge on any atom is -0.492 e. The molecule has 2 aromatic rings. The summed E-state index contributed by atoms with van der Waals surface area (Å²) < 4.78 is 27.4. The van der Waals surface area contributed by atoms with Gasteiger partial charge in [0.25, 0.3) is 0 Å². The van der Waals surface area contributed by atoms with Gasteiger partial charge in [0.1, 0.15) is 17.2 Å². The lowest BCUT2D eigenvalue weighted by atomic mass is 9.77. The van der Waals surface area contributed by atoms with Crippen LogP contribution in [0.4, 0.5) is 0 Å². The van der Waals surface area contributed by atoms with Crippen molar-refractivity contribution >= 4 is 0 Å². The Balaban J connectivity index is 1.68. The minimum absolute atomic E-state index is 0.223. The number of hydrogen-bond donors (Lipinski definition) is 1. The molecule has 1 aliphatic heterocycles. The number of unbranched alkanes of at least 4 members (excludes halogenated alkanes) is 6. The maximum absolute atomic E-state index is 8.93. The van der Waals surface area contributed by atoms with Crippen molar-refractivity contribution in [2.24, 2.45) is 0 Å². The topological polar surface area (TPSA) is 66.4 Å². The zero-order chi connectivity index (χ0) is 24.0. The highest BCUT2D eigenvalue weighted by Gasteiger charge is 2.32. The first-order valence-corrected chi connectivity index (χ1v) is 12.5. The van der Waals surface area contributed by atoms with Crippen LogP contribution in [0.2, 0.25) is 0 Å². The van der Waals surface area contributed by atoms with Gasteiger partial charge in [-0.2, -0.15) is 0 Å². The van der Waals surface area contributed by atoms with E-state index >= 15 is 0 Å². The predicted octanol–water partition coefficient (Wildman–Crippen LogP) is 6.02. The van der Waals surface area contributed by atoms with E-state index in [0.717, 1.165) is 36.5 Å². The zero-order valence-electron chi connectivity index (χ0n) is 20.7. The molecule has 0 aromatic heterocycles. The maximum atomic E-state index is 8.93. The van der Waals surface area contributed by atoms with Crippen LogP contribution in [0.25, 0.3) is 0 Å². The van der Waals surface area contributed by atoms with Gasteiger partial charge in [-0.1, -0.05) is 56.7 Å². The lowest BCUT2D eigenvalue weighted by molar-refractivity contribution is 0.0506. The lowest BCUT2D eigenvalue weighted by Gasteiger charge is -2.34. The van der Waals surface area contributed by atoms with Gasteiger partial charge >= 0.3 is 0 Å². The van der Waals surface area contributed by atoms with Crippen LogP contribution in [0.15, 0.2) is 42.5 Å². The fourth-order valence-corrected chi connectivity index (χ4v) is 4.66. The van der Waals surface area contributed by atoms with Gasteiger partial charge in [0, 0.05) is 32.8 Å². The predicted molar refractivity (Wildman–Crippen MR) is 133 cm³/mol. The van der Waals surface area contributed by atoms with E-state index in [-0.39, 0.29) is 13.6 Å². The van der Waals surface area contributed by atoms with Crippen LogP contribution in [0.1, 0.15) is 74.3 Å². The van der Waals surface area contributed by atoms with Crippen LogP contribution in [-0.2, 0) is 9.47 Å². The van der Waals surface area contributed by atoms with Crippen LogP contribution in [0.3, 0.4) is 0 Å². The van der Waals surface area contributed by atoms with E-state index in [2.05, 4.69) is 18.2 Å². The van der Waals surface area contributed by atoms with E-state index in [1.165, 1.54) is 43.2 Å². The summed E-state index contributed by atoms with van der Waals surface area (Å²) in [5.74, 6) is 3.17. The number of aliphatic hydroxyl groups excluding tert-OH is 1. The molecule has 34 heavy (non-hydrogen) atoms. The van der Waals surface area contributed by atoms with E-state index in [1.807, 2.05) is 24.3 Å². The Hall–Kier alpha value is -2.28. The van der Waals surface area contributed by atoms with E-state index in [9.17, 15) is 0 Å². The Labute approximate surface area is 204 Å². The summed E-state index contributed by atoms with van der Waals surface area (Å²) in [5.41, 5.74) is 2.52. The molecule has 0 radical (unpaired) electrons. The highest BCUT2D eigenvalue weighted by atomic mass is 16.7. The molecule has 1 N–H and O–H groups in total. The Morgan fingerprint density at radius 1 is 0.794 bits per heavy atom. The summed E-state index contributed by atoms with van der Waals surface area (Å²) >= 11 is 0. The van der Waals surface area contributed by atoms with Crippen molar-refractivity contribution in [1.82, 2.24) is 0 Å². The third kappa shape index (κ3) is 7.90. The molecule has 3 rings (SSSR count). The van der Waals surface area contributed by atoms with Crippen molar-refractivity contribution in [2.45, 2.75) is 63.2 Å². The molecule has 2 aromatic carbocycles. The fraction of sp³-hybridized carbons (Fsp3) is 0.571. The summed E-state index contributed by atoms with van der Waals surface area (Å²) in [7, 11) is 3.24. The van der Waals surface area contributed by atoms with Gasteiger partial charge in [0.15, 0.2) is 13.6 Å². The van der Waals surface area contributed by atoms with Crippen LogP contribution in [0, 0.1) is 0 Å². The molecular weight excluding hydrogens is 432 g/mol. The average molecular weight is 473 g/mol. The monoisotopic (exact) mass is 472 g/mol. The molecule has 0 aliphatic carbocycles. The van der Waals surface area contributed by atoms with Crippen molar-refractivity contribution in [3.63, 3.8) is 0 Å². The minimum atomic E-state index is 0.223. The van der Waals surface area contributed by atoms with E-state index in [4.69, 9.17) is 28.8 Å². The Kier molecular flexibility index (Phi) is 11.5. The van der Waals surface area contributed by atoms with Crippen LogP contribution < -0.4 is 14.2 Å². The molecule has 0 amide bonds. The quantitative estimate of drug-likeness (QED) is 0.238. The van der Waals surface area contributed by atoms with E-state index in [0.29, 0.717) is 25.0 Å². The molecule has 0 spiro atoms. The Morgan fingerprint density at radius 3 is 2.09 bits per heavy atom. The number of rotatable bonds is 16. The normalized spacial score (nSPS) is 17.1. The van der Waals surface area contributed by atoms with Crippen LogP contribution in [0.5, 0.6) is 17.2 Å². The largest absolute Gasteiger partial charge is 0.492 e. The van der Waals surface area contributed by atoms with Crippen LogP contribution in [-0.4, -0.2) is 46.1 Å². The SMILES string of the molecule is COCOc1ccc(C2COc3cc(OCOC)ccc3C2CCCCCCCCCO)cc1. The molecule has 1 aliphatic rings. The van der Waals surface area contributed by atoms with Gasteiger partial charge in [-0.05, 0) is 48.1 Å². The summed E-state index contributed by atoms with van der Waals surface area (Å²) in [6.07, 6.45) is 9.31. The van der Waals surface area contributed by atoms with Crippen molar-refractivity contribution < 1.29 is 28.8 Å². The van der Waals surface area contributed by atoms with Crippen molar-refractivity contribution in [1.29, 1.82) is 0 Å². The Morgan fingerprint density at radius 2 is 1.41 bits per heavy atom. The number of aliphatic hydroxyl groups is 1. The van der Waals surface area contributed by atoms with Crippen molar-refractivity contribution in [3.05, 3.63) is 53.6 Å². The smallest absolute Gasteiger partial charge is 0.188 e. The number of fused-ring (bicyclic) bond motifs is 1. The van der Waals surface area contributed by atoms with Gasteiger partial charge in [-0.25, -0.2) is 0 Å². The van der Waals surface area contributed by atoms with Gasteiger partial charge in [-0.3, -0.25) is 0 Å².